The van der Waals surface area contributed by atoms with Crippen molar-refractivity contribution >= 4 is 11.9 Å². The first kappa shape index (κ1) is 12.8. The zero-order valence-corrected chi connectivity index (χ0v) is 10.1. The molecular formula is C11H22N4O. The fraction of sp³-hybridized carbons (Fsp3) is 0.818. The Morgan fingerprint density at radius 3 is 2.50 bits per heavy atom. The molecule has 0 saturated heterocycles. The Kier molecular flexibility index (Phi) is 4.15. The van der Waals surface area contributed by atoms with Crippen molar-refractivity contribution in [1.29, 1.82) is 5.41 Å². The summed E-state index contributed by atoms with van der Waals surface area (Å²) in [6, 6.07) is 0.0690. The van der Waals surface area contributed by atoms with E-state index in [4.69, 9.17) is 11.1 Å². The van der Waals surface area contributed by atoms with E-state index < -0.39 is 5.54 Å². The van der Waals surface area contributed by atoms with Crippen LogP contribution in [0.15, 0.2) is 0 Å². The number of amides is 2. The van der Waals surface area contributed by atoms with E-state index >= 15 is 0 Å². The highest BCUT2D eigenvalue weighted by Gasteiger charge is 2.28. The van der Waals surface area contributed by atoms with Crippen molar-refractivity contribution in [1.82, 2.24) is 10.6 Å². The Hall–Kier alpha value is -1.26. The van der Waals surface area contributed by atoms with Gasteiger partial charge in [0.1, 0.15) is 5.84 Å². The lowest BCUT2D eigenvalue weighted by Crippen LogP contribution is -2.58. The van der Waals surface area contributed by atoms with Gasteiger partial charge in [0.15, 0.2) is 0 Å². The van der Waals surface area contributed by atoms with Gasteiger partial charge in [-0.25, -0.2) is 4.79 Å². The maximum Gasteiger partial charge on any atom is 0.315 e. The van der Waals surface area contributed by atoms with Crippen molar-refractivity contribution in [3.05, 3.63) is 0 Å². The van der Waals surface area contributed by atoms with Gasteiger partial charge in [0, 0.05) is 6.04 Å². The van der Waals surface area contributed by atoms with Crippen LogP contribution < -0.4 is 16.4 Å². The van der Waals surface area contributed by atoms with Crippen LogP contribution in [0.25, 0.3) is 0 Å². The predicted octanol–water partition coefficient (Wildman–Crippen LogP) is 1.33. The Morgan fingerprint density at radius 2 is 2.06 bits per heavy atom. The van der Waals surface area contributed by atoms with Crippen LogP contribution in [0.3, 0.4) is 0 Å². The van der Waals surface area contributed by atoms with E-state index in [1.165, 1.54) is 12.8 Å². The highest BCUT2D eigenvalue weighted by atomic mass is 16.2. The van der Waals surface area contributed by atoms with Gasteiger partial charge in [-0.2, -0.15) is 0 Å². The number of hydrogen-bond donors (Lipinski definition) is 4. The third kappa shape index (κ3) is 3.12. The van der Waals surface area contributed by atoms with Crippen molar-refractivity contribution in [2.24, 2.45) is 5.73 Å². The summed E-state index contributed by atoms with van der Waals surface area (Å²) in [6.07, 6.45) is 5.08. The van der Waals surface area contributed by atoms with Crippen LogP contribution in [0.2, 0.25) is 0 Å². The standard InChI is InChI=1S/C11H22N4O/c1-3-11(2,9(12)13)15-10(16)14-8-6-4-5-7-8/h8H,3-7H2,1-2H3,(H3,12,13)(H2,14,15,16). The van der Waals surface area contributed by atoms with Gasteiger partial charge >= 0.3 is 6.03 Å². The molecule has 5 nitrogen and oxygen atoms in total. The molecule has 1 fully saturated rings. The third-order valence-electron chi connectivity index (χ3n) is 3.38. The van der Waals surface area contributed by atoms with Gasteiger partial charge in [-0.15, -0.1) is 0 Å². The topological polar surface area (TPSA) is 91.0 Å². The second kappa shape index (κ2) is 5.18. The number of urea groups is 1. The quantitative estimate of drug-likeness (QED) is 0.430. The van der Waals surface area contributed by atoms with E-state index in [-0.39, 0.29) is 17.9 Å². The summed E-state index contributed by atoms with van der Waals surface area (Å²) in [6.45, 7) is 3.67. The van der Waals surface area contributed by atoms with Crippen LogP contribution in [-0.2, 0) is 0 Å². The van der Waals surface area contributed by atoms with Crippen LogP contribution in [0.1, 0.15) is 46.0 Å². The van der Waals surface area contributed by atoms with Gasteiger partial charge in [0.25, 0.3) is 0 Å². The number of carbonyl (C=O) groups excluding carboxylic acids is 1. The lowest BCUT2D eigenvalue weighted by atomic mass is 9.98. The molecular weight excluding hydrogens is 204 g/mol. The molecule has 1 rings (SSSR count). The van der Waals surface area contributed by atoms with Crippen molar-refractivity contribution in [2.75, 3.05) is 0 Å². The van der Waals surface area contributed by atoms with E-state index in [0.717, 1.165) is 12.8 Å². The van der Waals surface area contributed by atoms with Gasteiger partial charge in [0.2, 0.25) is 0 Å². The van der Waals surface area contributed by atoms with Crippen molar-refractivity contribution in [2.45, 2.75) is 57.5 Å². The van der Waals surface area contributed by atoms with Gasteiger partial charge in [-0.1, -0.05) is 19.8 Å². The van der Waals surface area contributed by atoms with Crippen molar-refractivity contribution < 1.29 is 4.79 Å². The number of nitrogens with one attached hydrogen (secondary N) is 3. The van der Waals surface area contributed by atoms with E-state index in [9.17, 15) is 4.79 Å². The summed E-state index contributed by atoms with van der Waals surface area (Å²) in [7, 11) is 0. The van der Waals surface area contributed by atoms with Gasteiger partial charge in [-0.05, 0) is 26.2 Å². The van der Waals surface area contributed by atoms with Crippen molar-refractivity contribution in [3.8, 4) is 0 Å². The summed E-state index contributed by atoms with van der Waals surface area (Å²) in [4.78, 5) is 11.7. The molecule has 92 valence electrons. The molecule has 0 aromatic carbocycles. The Bertz CT molecular complexity index is 273. The number of carbonyl (C=O) groups is 1. The Morgan fingerprint density at radius 1 is 1.50 bits per heavy atom. The smallest absolute Gasteiger partial charge is 0.315 e. The van der Waals surface area contributed by atoms with Crippen LogP contribution in [0.5, 0.6) is 0 Å². The molecule has 0 heterocycles. The first-order chi connectivity index (χ1) is 7.48. The van der Waals surface area contributed by atoms with E-state index in [1.807, 2.05) is 6.92 Å². The SMILES string of the molecule is CCC(C)(NC(=O)NC1CCCC1)C(=N)N. The minimum atomic E-state index is -0.733. The number of amidine groups is 1. The molecule has 5 N–H and O–H groups in total. The molecule has 5 heteroatoms. The van der Waals surface area contributed by atoms with E-state index in [0.29, 0.717) is 6.42 Å². The zero-order chi connectivity index (χ0) is 12.2. The summed E-state index contributed by atoms with van der Waals surface area (Å²) in [5.41, 5.74) is 4.75. The highest BCUT2D eigenvalue weighted by molar-refractivity contribution is 5.91. The molecule has 0 bridgehead atoms. The van der Waals surface area contributed by atoms with Crippen LogP contribution in [0.4, 0.5) is 4.79 Å². The molecule has 1 atom stereocenters. The second-order valence-corrected chi connectivity index (χ2v) is 4.68. The Labute approximate surface area is 96.7 Å². The maximum atomic E-state index is 11.7. The molecule has 0 aromatic heterocycles. The minimum absolute atomic E-state index is 0.00317. The van der Waals surface area contributed by atoms with E-state index in [1.54, 1.807) is 6.92 Å². The molecule has 1 saturated carbocycles. The van der Waals surface area contributed by atoms with E-state index in [2.05, 4.69) is 10.6 Å². The lowest BCUT2D eigenvalue weighted by Gasteiger charge is -2.29. The Balaban J connectivity index is 2.45. The summed E-state index contributed by atoms with van der Waals surface area (Å²) < 4.78 is 0. The largest absolute Gasteiger partial charge is 0.386 e. The van der Waals surface area contributed by atoms with Crippen LogP contribution in [0, 0.1) is 5.41 Å². The lowest BCUT2D eigenvalue weighted by molar-refractivity contribution is 0.230. The summed E-state index contributed by atoms with van der Waals surface area (Å²) in [5, 5.41) is 13.2. The number of rotatable bonds is 4. The van der Waals surface area contributed by atoms with Crippen LogP contribution in [-0.4, -0.2) is 23.4 Å². The van der Waals surface area contributed by atoms with Gasteiger partial charge in [-0.3, -0.25) is 5.41 Å². The van der Waals surface area contributed by atoms with Gasteiger partial charge in [0.05, 0.1) is 5.54 Å². The highest BCUT2D eigenvalue weighted by Crippen LogP contribution is 2.17. The van der Waals surface area contributed by atoms with Crippen LogP contribution >= 0.6 is 0 Å². The predicted molar refractivity (Wildman–Crippen MR) is 64.5 cm³/mol. The maximum absolute atomic E-state index is 11.7. The number of nitrogens with two attached hydrogens (primary N) is 1. The average Bonchev–Trinajstić information content (AvgIpc) is 2.69. The van der Waals surface area contributed by atoms with Crippen molar-refractivity contribution in [3.63, 3.8) is 0 Å². The average molecular weight is 226 g/mol. The molecule has 1 aliphatic carbocycles. The molecule has 0 aromatic rings. The number of hydrogen-bond acceptors (Lipinski definition) is 2. The fourth-order valence-electron chi connectivity index (χ4n) is 1.89. The zero-order valence-electron chi connectivity index (χ0n) is 10.1. The molecule has 1 aliphatic rings. The monoisotopic (exact) mass is 226 g/mol. The molecule has 16 heavy (non-hydrogen) atoms. The normalized spacial score (nSPS) is 20.1. The molecule has 0 aliphatic heterocycles. The molecule has 0 radical (unpaired) electrons. The van der Waals surface area contributed by atoms with Gasteiger partial charge < -0.3 is 16.4 Å². The molecule has 0 spiro atoms. The summed E-state index contributed by atoms with van der Waals surface area (Å²) >= 11 is 0. The first-order valence-corrected chi connectivity index (χ1v) is 5.91. The fourth-order valence-corrected chi connectivity index (χ4v) is 1.89. The first-order valence-electron chi connectivity index (χ1n) is 5.91. The molecule has 1 unspecified atom stereocenters. The minimum Gasteiger partial charge on any atom is -0.386 e. The second-order valence-electron chi connectivity index (χ2n) is 4.68. The molecule has 2 amide bonds. The third-order valence-corrected chi connectivity index (χ3v) is 3.38. The summed E-state index contributed by atoms with van der Waals surface area (Å²) in [5.74, 6) is -0.00317.